The molecule has 0 saturated heterocycles. The van der Waals surface area contributed by atoms with Gasteiger partial charge in [-0.15, -0.1) is 0 Å². The number of carbonyl (C=O) groups excluding carboxylic acids is 1. The van der Waals surface area contributed by atoms with E-state index in [1.165, 1.54) is 12.8 Å². The molecule has 0 amide bonds. The van der Waals surface area contributed by atoms with Crippen molar-refractivity contribution in [3.8, 4) is 0 Å². The van der Waals surface area contributed by atoms with Crippen LogP contribution < -0.4 is 5.32 Å². The van der Waals surface area contributed by atoms with Gasteiger partial charge in [0.05, 0.1) is 17.3 Å². The van der Waals surface area contributed by atoms with Crippen molar-refractivity contribution in [1.82, 2.24) is 0 Å². The van der Waals surface area contributed by atoms with Crippen LogP contribution in [0.15, 0.2) is 24.3 Å². The van der Waals surface area contributed by atoms with E-state index in [4.69, 9.17) is 16.3 Å². The van der Waals surface area contributed by atoms with E-state index in [0.29, 0.717) is 11.6 Å². The first-order chi connectivity index (χ1) is 10.0. The van der Waals surface area contributed by atoms with E-state index in [2.05, 4.69) is 12.2 Å². The van der Waals surface area contributed by atoms with Crippen LogP contribution in [0.25, 0.3) is 0 Å². The van der Waals surface area contributed by atoms with Gasteiger partial charge in [-0.25, -0.2) is 4.79 Å². The summed E-state index contributed by atoms with van der Waals surface area (Å²) in [5.41, 5.74) is 0.0274. The number of carbonyl (C=O) groups is 1. The monoisotopic (exact) mass is 311 g/mol. The highest BCUT2D eigenvalue weighted by atomic mass is 35.5. The molecule has 1 rings (SSSR count). The molecule has 0 aliphatic rings. The Bertz CT molecular complexity index is 450. The molecule has 1 unspecified atom stereocenters. The molecule has 4 heteroatoms. The lowest BCUT2D eigenvalue weighted by molar-refractivity contribution is -0.148. The van der Waals surface area contributed by atoms with Gasteiger partial charge in [-0.1, -0.05) is 56.3 Å². The second-order valence-electron chi connectivity index (χ2n) is 5.47. The minimum atomic E-state index is -0.741. The number of unbranched alkanes of at least 4 members (excludes halogenated alkanes) is 3. The number of anilines is 1. The van der Waals surface area contributed by atoms with Crippen LogP contribution in [-0.4, -0.2) is 18.1 Å². The van der Waals surface area contributed by atoms with Crippen molar-refractivity contribution >= 4 is 23.3 Å². The maximum Gasteiger partial charge on any atom is 0.331 e. The molecule has 3 nitrogen and oxygen atoms in total. The molecule has 0 bridgehead atoms. The van der Waals surface area contributed by atoms with Crippen LogP contribution in [0.3, 0.4) is 0 Å². The third-order valence-corrected chi connectivity index (χ3v) is 3.87. The van der Waals surface area contributed by atoms with Crippen molar-refractivity contribution in [2.45, 2.75) is 58.4 Å². The van der Waals surface area contributed by atoms with Gasteiger partial charge in [-0.3, -0.25) is 0 Å². The maximum absolute atomic E-state index is 12.3. The topological polar surface area (TPSA) is 38.3 Å². The van der Waals surface area contributed by atoms with Gasteiger partial charge in [0, 0.05) is 0 Å². The number of para-hydroxylation sites is 1. The second-order valence-corrected chi connectivity index (χ2v) is 5.88. The van der Waals surface area contributed by atoms with Crippen LogP contribution in [0, 0.1) is 0 Å². The number of rotatable bonds is 9. The van der Waals surface area contributed by atoms with Crippen LogP contribution in [0.1, 0.15) is 52.9 Å². The SMILES string of the molecule is CCCCCCC(C)(Nc1ccccc1Cl)C(=O)OCC. The van der Waals surface area contributed by atoms with Gasteiger partial charge in [0.25, 0.3) is 0 Å². The molecule has 0 aliphatic carbocycles. The highest BCUT2D eigenvalue weighted by molar-refractivity contribution is 6.33. The molecule has 0 spiro atoms. The molecule has 0 heterocycles. The molecule has 1 aromatic carbocycles. The average molecular weight is 312 g/mol. The Morgan fingerprint density at radius 3 is 2.57 bits per heavy atom. The van der Waals surface area contributed by atoms with Crippen molar-refractivity contribution in [2.24, 2.45) is 0 Å². The van der Waals surface area contributed by atoms with Crippen molar-refractivity contribution < 1.29 is 9.53 Å². The van der Waals surface area contributed by atoms with Crippen molar-refractivity contribution in [2.75, 3.05) is 11.9 Å². The molecular formula is C17H26ClNO2. The fraction of sp³-hybridized carbons (Fsp3) is 0.588. The van der Waals surface area contributed by atoms with Crippen LogP contribution in [0.2, 0.25) is 5.02 Å². The van der Waals surface area contributed by atoms with Gasteiger partial charge in [0.1, 0.15) is 5.54 Å². The largest absolute Gasteiger partial charge is 0.464 e. The summed E-state index contributed by atoms with van der Waals surface area (Å²) in [6.07, 6.45) is 5.20. The molecule has 118 valence electrons. The standard InChI is InChI=1S/C17H26ClNO2/c1-4-6-7-10-13-17(3,16(20)21-5-2)19-15-12-9-8-11-14(15)18/h8-9,11-12,19H,4-7,10,13H2,1-3H3. The van der Waals surface area contributed by atoms with E-state index < -0.39 is 5.54 Å². The lowest BCUT2D eigenvalue weighted by atomic mass is 9.93. The summed E-state index contributed by atoms with van der Waals surface area (Å²) < 4.78 is 5.23. The molecule has 0 aliphatic heterocycles. The van der Waals surface area contributed by atoms with Gasteiger partial charge >= 0.3 is 5.97 Å². The van der Waals surface area contributed by atoms with E-state index in [0.717, 1.165) is 24.9 Å². The summed E-state index contributed by atoms with van der Waals surface area (Å²) in [5, 5.41) is 3.89. The van der Waals surface area contributed by atoms with Gasteiger partial charge in [-0.05, 0) is 32.4 Å². The fourth-order valence-corrected chi connectivity index (χ4v) is 2.45. The predicted molar refractivity (Wildman–Crippen MR) is 88.9 cm³/mol. The van der Waals surface area contributed by atoms with E-state index in [-0.39, 0.29) is 5.97 Å². The number of esters is 1. The second kappa shape index (κ2) is 8.93. The van der Waals surface area contributed by atoms with Crippen molar-refractivity contribution in [3.63, 3.8) is 0 Å². The summed E-state index contributed by atoms with van der Waals surface area (Å²) in [5.74, 6) is -0.221. The number of hydrogen-bond donors (Lipinski definition) is 1. The Morgan fingerprint density at radius 2 is 1.95 bits per heavy atom. The number of ether oxygens (including phenoxy) is 1. The number of benzene rings is 1. The van der Waals surface area contributed by atoms with Crippen LogP contribution in [-0.2, 0) is 9.53 Å². The van der Waals surface area contributed by atoms with Crippen molar-refractivity contribution in [3.05, 3.63) is 29.3 Å². The summed E-state index contributed by atoms with van der Waals surface area (Å²) in [7, 11) is 0. The van der Waals surface area contributed by atoms with E-state index in [1.54, 1.807) is 0 Å². The lowest BCUT2D eigenvalue weighted by Gasteiger charge is -2.30. The Balaban J connectivity index is 2.80. The zero-order valence-electron chi connectivity index (χ0n) is 13.2. The molecule has 0 fully saturated rings. The fourth-order valence-electron chi connectivity index (χ4n) is 2.27. The van der Waals surface area contributed by atoms with Crippen LogP contribution in [0.4, 0.5) is 5.69 Å². The third kappa shape index (κ3) is 5.58. The summed E-state index contributed by atoms with van der Waals surface area (Å²) in [6.45, 7) is 6.27. The van der Waals surface area contributed by atoms with Crippen LogP contribution >= 0.6 is 11.6 Å². The summed E-state index contributed by atoms with van der Waals surface area (Å²) in [6, 6.07) is 7.46. The Morgan fingerprint density at radius 1 is 1.24 bits per heavy atom. The first-order valence-corrected chi connectivity index (χ1v) is 8.11. The molecule has 1 N–H and O–H groups in total. The van der Waals surface area contributed by atoms with Crippen molar-refractivity contribution in [1.29, 1.82) is 0 Å². The van der Waals surface area contributed by atoms with Gasteiger partial charge in [0.15, 0.2) is 0 Å². The van der Waals surface area contributed by atoms with E-state index in [1.807, 2.05) is 38.1 Å². The molecule has 1 aromatic rings. The number of nitrogens with one attached hydrogen (secondary N) is 1. The van der Waals surface area contributed by atoms with Gasteiger partial charge in [0.2, 0.25) is 0 Å². The Hall–Kier alpha value is -1.22. The van der Waals surface area contributed by atoms with E-state index in [9.17, 15) is 4.79 Å². The minimum Gasteiger partial charge on any atom is -0.464 e. The highest BCUT2D eigenvalue weighted by Gasteiger charge is 2.34. The predicted octanol–water partition coefficient (Wildman–Crippen LogP) is 5.04. The van der Waals surface area contributed by atoms with Crippen LogP contribution in [0.5, 0.6) is 0 Å². The minimum absolute atomic E-state index is 0.221. The number of hydrogen-bond acceptors (Lipinski definition) is 3. The molecule has 21 heavy (non-hydrogen) atoms. The molecular weight excluding hydrogens is 286 g/mol. The maximum atomic E-state index is 12.3. The summed E-state index contributed by atoms with van der Waals surface area (Å²) in [4.78, 5) is 12.3. The third-order valence-electron chi connectivity index (χ3n) is 3.54. The first-order valence-electron chi connectivity index (χ1n) is 7.73. The quantitative estimate of drug-likeness (QED) is 0.512. The van der Waals surface area contributed by atoms with Gasteiger partial charge < -0.3 is 10.1 Å². The number of halogens is 1. The highest BCUT2D eigenvalue weighted by Crippen LogP contribution is 2.28. The Kier molecular flexibility index (Phi) is 7.58. The first kappa shape index (κ1) is 17.8. The molecule has 0 aromatic heterocycles. The molecule has 1 atom stereocenters. The zero-order chi connectivity index (χ0) is 15.7. The lowest BCUT2D eigenvalue weighted by Crippen LogP contribution is -2.44. The Labute approximate surface area is 133 Å². The molecule has 0 radical (unpaired) electrons. The molecule has 0 saturated carbocycles. The average Bonchev–Trinajstić information content (AvgIpc) is 2.46. The smallest absolute Gasteiger partial charge is 0.331 e. The zero-order valence-corrected chi connectivity index (χ0v) is 14.0. The normalized spacial score (nSPS) is 13.5. The van der Waals surface area contributed by atoms with E-state index >= 15 is 0 Å². The van der Waals surface area contributed by atoms with Gasteiger partial charge in [-0.2, -0.15) is 0 Å². The summed E-state index contributed by atoms with van der Waals surface area (Å²) >= 11 is 6.18.